The van der Waals surface area contributed by atoms with E-state index in [1.807, 2.05) is 12.3 Å². The molecule has 2 N–H and O–H groups in total. The summed E-state index contributed by atoms with van der Waals surface area (Å²) in [5.41, 5.74) is 4.01. The largest absolute Gasteiger partial charge is 0.493 e. The summed E-state index contributed by atoms with van der Waals surface area (Å²) < 4.78 is 12.9. The number of benzene rings is 1. The molecule has 0 saturated heterocycles. The number of amides is 1. The number of ether oxygens (including phenoxy) is 2. The summed E-state index contributed by atoms with van der Waals surface area (Å²) in [6, 6.07) is 11.2. The van der Waals surface area contributed by atoms with Gasteiger partial charge in [0, 0.05) is 29.4 Å². The predicted molar refractivity (Wildman–Crippen MR) is 154 cm³/mol. The van der Waals surface area contributed by atoms with Crippen molar-refractivity contribution in [3.63, 3.8) is 0 Å². The molecule has 1 unspecified atom stereocenters. The van der Waals surface area contributed by atoms with E-state index in [0.717, 1.165) is 16.9 Å². The second kappa shape index (κ2) is 11.7. The van der Waals surface area contributed by atoms with Gasteiger partial charge in [0.2, 0.25) is 5.91 Å². The van der Waals surface area contributed by atoms with Gasteiger partial charge in [0.25, 0.3) is 0 Å². The van der Waals surface area contributed by atoms with Crippen LogP contribution >= 0.6 is 11.6 Å². The normalized spacial score (nSPS) is 17.7. The quantitative estimate of drug-likeness (QED) is 0.218. The first-order chi connectivity index (χ1) is 20.0. The Morgan fingerprint density at radius 2 is 1.95 bits per heavy atom. The first-order valence-electron chi connectivity index (χ1n) is 13.9. The van der Waals surface area contributed by atoms with Gasteiger partial charge in [-0.2, -0.15) is 0 Å². The maximum absolute atomic E-state index is 13.1. The molecular weight excluding hydrogens is 544 g/mol. The number of fused-ring (bicyclic) bond motifs is 1. The SMILES string of the molecule is CCOC(=O)CCOc1ccc(Cl)cc1C1C[C@@H]1C(=O)Nc1cc(NCc2cn3cc(C4CC4)ccc3n2)ncn1. The molecule has 10 nitrogen and oxygen atoms in total. The van der Waals surface area contributed by atoms with Gasteiger partial charge >= 0.3 is 5.97 Å². The molecule has 2 atom stereocenters. The van der Waals surface area contributed by atoms with Crippen molar-refractivity contribution in [1.82, 2.24) is 19.4 Å². The summed E-state index contributed by atoms with van der Waals surface area (Å²) in [6.07, 6.45) is 8.93. The number of rotatable bonds is 12. The van der Waals surface area contributed by atoms with Gasteiger partial charge in [0.05, 0.1) is 31.9 Å². The van der Waals surface area contributed by atoms with Crippen LogP contribution in [0, 0.1) is 5.92 Å². The number of esters is 1. The molecular formula is C30H31ClN6O4. The third-order valence-corrected chi connectivity index (χ3v) is 7.54. The highest BCUT2D eigenvalue weighted by Gasteiger charge is 2.45. The predicted octanol–water partition coefficient (Wildman–Crippen LogP) is 5.34. The van der Waals surface area contributed by atoms with E-state index in [1.54, 1.807) is 25.1 Å². The molecule has 3 aromatic heterocycles. The number of aromatic nitrogens is 4. The molecule has 6 rings (SSSR count). The number of hydrogen-bond acceptors (Lipinski definition) is 8. The third-order valence-electron chi connectivity index (χ3n) is 7.31. The fourth-order valence-corrected chi connectivity index (χ4v) is 5.15. The van der Waals surface area contributed by atoms with E-state index in [4.69, 9.17) is 21.1 Å². The van der Waals surface area contributed by atoms with Crippen molar-refractivity contribution in [2.24, 2.45) is 5.92 Å². The van der Waals surface area contributed by atoms with Crippen LogP contribution in [0.4, 0.5) is 11.6 Å². The molecule has 0 spiro atoms. The Hall–Kier alpha value is -4.18. The lowest BCUT2D eigenvalue weighted by molar-refractivity contribution is -0.143. The molecule has 2 aliphatic carbocycles. The molecule has 4 aromatic rings. The second-order valence-electron chi connectivity index (χ2n) is 10.4. The molecule has 0 aliphatic heterocycles. The number of halogens is 1. The van der Waals surface area contributed by atoms with E-state index in [2.05, 4.69) is 48.3 Å². The molecule has 3 heterocycles. The number of hydrogen-bond donors (Lipinski definition) is 2. The Morgan fingerprint density at radius 3 is 2.78 bits per heavy atom. The van der Waals surface area contributed by atoms with Crippen LogP contribution in [0.5, 0.6) is 5.75 Å². The van der Waals surface area contributed by atoms with E-state index < -0.39 is 0 Å². The van der Waals surface area contributed by atoms with Crippen LogP contribution in [0.2, 0.25) is 5.02 Å². The van der Waals surface area contributed by atoms with Gasteiger partial charge in [-0.25, -0.2) is 15.0 Å². The number of carbonyl (C=O) groups is 2. The Bertz CT molecular complexity index is 1590. The van der Waals surface area contributed by atoms with Gasteiger partial charge in [-0.3, -0.25) is 9.59 Å². The van der Waals surface area contributed by atoms with Crippen LogP contribution in [0.3, 0.4) is 0 Å². The first kappa shape index (κ1) is 27.0. The van der Waals surface area contributed by atoms with Crippen LogP contribution < -0.4 is 15.4 Å². The van der Waals surface area contributed by atoms with Crippen molar-refractivity contribution in [3.8, 4) is 5.75 Å². The number of nitrogens with zero attached hydrogens (tertiary/aromatic N) is 4. The average Bonchev–Trinajstić information content (AvgIpc) is 3.89. The average molecular weight is 575 g/mol. The van der Waals surface area contributed by atoms with Gasteiger partial charge in [-0.15, -0.1) is 0 Å². The lowest BCUT2D eigenvalue weighted by atomic mass is 10.1. The molecule has 11 heteroatoms. The maximum Gasteiger partial charge on any atom is 0.309 e. The third kappa shape index (κ3) is 6.59. The first-order valence-corrected chi connectivity index (χ1v) is 14.3. The Balaban J connectivity index is 1.04. The highest BCUT2D eigenvalue weighted by molar-refractivity contribution is 6.30. The van der Waals surface area contributed by atoms with E-state index in [1.165, 1.54) is 24.7 Å². The summed E-state index contributed by atoms with van der Waals surface area (Å²) >= 11 is 6.25. The summed E-state index contributed by atoms with van der Waals surface area (Å²) in [6.45, 7) is 2.77. The smallest absolute Gasteiger partial charge is 0.309 e. The van der Waals surface area contributed by atoms with Crippen molar-refractivity contribution in [2.45, 2.75) is 51.0 Å². The number of anilines is 2. The molecule has 212 valence electrons. The fourth-order valence-electron chi connectivity index (χ4n) is 4.97. The zero-order valence-electron chi connectivity index (χ0n) is 22.7. The second-order valence-corrected chi connectivity index (χ2v) is 10.8. The zero-order chi connectivity index (χ0) is 28.3. The number of nitrogens with one attached hydrogen (secondary N) is 2. The van der Waals surface area contributed by atoms with E-state index in [-0.39, 0.29) is 36.7 Å². The molecule has 1 amide bonds. The van der Waals surface area contributed by atoms with Crippen molar-refractivity contribution >= 4 is 40.8 Å². The number of carbonyl (C=O) groups excluding carboxylic acids is 2. The van der Waals surface area contributed by atoms with Crippen LogP contribution in [-0.2, 0) is 20.9 Å². The zero-order valence-corrected chi connectivity index (χ0v) is 23.4. The van der Waals surface area contributed by atoms with Crippen LogP contribution in [0.15, 0.2) is 55.1 Å². The molecule has 2 aliphatic rings. The minimum absolute atomic E-state index is 0.0406. The molecule has 0 radical (unpaired) electrons. The van der Waals surface area contributed by atoms with Crippen LogP contribution in [0.25, 0.3) is 5.65 Å². The topological polar surface area (TPSA) is 120 Å². The van der Waals surface area contributed by atoms with Crippen LogP contribution in [0.1, 0.15) is 61.3 Å². The molecule has 0 bridgehead atoms. The van der Waals surface area contributed by atoms with Crippen molar-refractivity contribution in [3.05, 3.63) is 77.0 Å². The minimum atomic E-state index is -0.314. The Kier molecular flexibility index (Phi) is 7.74. The lowest BCUT2D eigenvalue weighted by Crippen LogP contribution is -2.16. The van der Waals surface area contributed by atoms with Crippen molar-refractivity contribution in [1.29, 1.82) is 0 Å². The fraction of sp³-hybridized carbons (Fsp3) is 0.367. The Morgan fingerprint density at radius 1 is 1.10 bits per heavy atom. The van der Waals surface area contributed by atoms with Gasteiger partial charge in [0.15, 0.2) is 0 Å². The summed E-state index contributed by atoms with van der Waals surface area (Å²) in [7, 11) is 0. The van der Waals surface area contributed by atoms with Crippen molar-refractivity contribution < 1.29 is 19.1 Å². The van der Waals surface area contributed by atoms with Gasteiger partial charge in [-0.1, -0.05) is 17.7 Å². The van der Waals surface area contributed by atoms with Crippen molar-refractivity contribution in [2.75, 3.05) is 23.8 Å². The highest BCUT2D eigenvalue weighted by atomic mass is 35.5. The lowest BCUT2D eigenvalue weighted by Gasteiger charge is -2.12. The standard InChI is InChI=1S/C30H31ClN6O4/c1-2-40-29(38)9-10-41-25-7-6-20(31)11-23(25)22-12-24(22)30(39)36-27-13-26(33-17-34-27)32-14-21-16-37-15-19(18-3-4-18)5-8-28(37)35-21/h5-8,11,13,15-18,22,24H,2-4,9-10,12,14H2,1H3,(H2,32,33,34,36,39)/t22?,24-/m0/s1. The molecule has 1 aromatic carbocycles. The maximum atomic E-state index is 13.1. The number of imidazole rings is 1. The number of pyridine rings is 1. The van der Waals surface area contributed by atoms with Gasteiger partial charge in [0.1, 0.15) is 29.4 Å². The summed E-state index contributed by atoms with van der Waals surface area (Å²) in [5, 5.41) is 6.74. The summed E-state index contributed by atoms with van der Waals surface area (Å²) in [5.74, 6) is 1.57. The molecule has 41 heavy (non-hydrogen) atoms. The minimum Gasteiger partial charge on any atom is -0.493 e. The van der Waals surface area contributed by atoms with E-state index in [9.17, 15) is 9.59 Å². The van der Waals surface area contributed by atoms with E-state index in [0.29, 0.717) is 47.9 Å². The molecule has 2 saturated carbocycles. The molecule has 2 fully saturated rings. The highest BCUT2D eigenvalue weighted by Crippen LogP contribution is 2.51. The van der Waals surface area contributed by atoms with Gasteiger partial charge in [-0.05, 0) is 73.4 Å². The van der Waals surface area contributed by atoms with Gasteiger partial charge < -0.3 is 24.5 Å². The monoisotopic (exact) mass is 574 g/mol. The van der Waals surface area contributed by atoms with E-state index >= 15 is 0 Å². The van der Waals surface area contributed by atoms with Crippen LogP contribution in [-0.4, -0.2) is 44.4 Å². The Labute approximate surface area is 242 Å². The summed E-state index contributed by atoms with van der Waals surface area (Å²) in [4.78, 5) is 37.9.